The average Bonchev–Trinajstić information content (AvgIpc) is 2.29. The van der Waals surface area contributed by atoms with Gasteiger partial charge in [0.15, 0.2) is 0 Å². The van der Waals surface area contributed by atoms with Crippen LogP contribution in [0.5, 0.6) is 0 Å². The Morgan fingerprint density at radius 1 is 1.24 bits per heavy atom. The fourth-order valence-electron chi connectivity index (χ4n) is 1.19. The number of aryl methyl sites for hydroxylation is 1. The van der Waals surface area contributed by atoms with E-state index in [1.54, 1.807) is 24.3 Å². The van der Waals surface area contributed by atoms with Crippen LogP contribution in [0.2, 0.25) is 0 Å². The molecule has 0 saturated heterocycles. The van der Waals surface area contributed by atoms with Gasteiger partial charge in [-0.05, 0) is 25.5 Å². The van der Waals surface area contributed by atoms with Crippen molar-refractivity contribution in [3.05, 3.63) is 42.0 Å². The number of rotatable bonds is 6. The van der Waals surface area contributed by atoms with Gasteiger partial charge in [0.2, 0.25) is 0 Å². The van der Waals surface area contributed by atoms with E-state index in [9.17, 15) is 8.42 Å². The molecule has 4 nitrogen and oxygen atoms in total. The largest absolute Gasteiger partial charge is 0.392 e. The van der Waals surface area contributed by atoms with Gasteiger partial charge in [0.1, 0.15) is 0 Å². The van der Waals surface area contributed by atoms with E-state index >= 15 is 0 Å². The summed E-state index contributed by atoms with van der Waals surface area (Å²) in [7, 11) is -3.66. The van der Waals surface area contributed by atoms with E-state index in [2.05, 4.69) is 0 Å². The van der Waals surface area contributed by atoms with Crippen LogP contribution in [0, 0.1) is 6.92 Å². The second-order valence-electron chi connectivity index (χ2n) is 3.53. The molecular formula is C12H16O4S. The third-order valence-corrected chi connectivity index (χ3v) is 3.43. The number of benzene rings is 1. The molecule has 0 bridgehead atoms. The van der Waals surface area contributed by atoms with Gasteiger partial charge in [-0.1, -0.05) is 29.8 Å². The summed E-state index contributed by atoms with van der Waals surface area (Å²) in [6.07, 6.45) is 3.66. The minimum absolute atomic E-state index is 0.0509. The lowest BCUT2D eigenvalue weighted by molar-refractivity contribution is 0.322. The number of hydrogen-bond acceptors (Lipinski definition) is 4. The zero-order valence-electron chi connectivity index (χ0n) is 9.67. The monoisotopic (exact) mass is 256 g/mol. The van der Waals surface area contributed by atoms with Crippen LogP contribution in [0.3, 0.4) is 0 Å². The average molecular weight is 256 g/mol. The van der Waals surface area contributed by atoms with Crippen LogP contribution in [0.1, 0.15) is 12.0 Å². The summed E-state index contributed by atoms with van der Waals surface area (Å²) in [5.41, 5.74) is 0.995. The van der Waals surface area contributed by atoms with Crippen LogP contribution in [0.25, 0.3) is 0 Å². The molecule has 0 unspecified atom stereocenters. The SMILES string of the molecule is Cc1ccc(S(=O)(=O)OCCC=CCO)cc1. The van der Waals surface area contributed by atoms with E-state index in [0.717, 1.165) is 5.56 Å². The summed E-state index contributed by atoms with van der Waals surface area (Å²) >= 11 is 0. The van der Waals surface area contributed by atoms with Gasteiger partial charge in [-0.25, -0.2) is 0 Å². The highest BCUT2D eigenvalue weighted by Gasteiger charge is 2.13. The second-order valence-corrected chi connectivity index (χ2v) is 5.15. The first-order valence-corrected chi connectivity index (χ1v) is 6.69. The normalized spacial score (nSPS) is 12.1. The molecule has 0 spiro atoms. The van der Waals surface area contributed by atoms with Gasteiger partial charge in [-0.15, -0.1) is 0 Å². The van der Waals surface area contributed by atoms with Crippen LogP contribution >= 0.6 is 0 Å². The molecule has 0 amide bonds. The number of aliphatic hydroxyl groups excluding tert-OH is 1. The number of hydrogen-bond donors (Lipinski definition) is 1. The van der Waals surface area contributed by atoms with E-state index in [-0.39, 0.29) is 18.1 Å². The van der Waals surface area contributed by atoms with Gasteiger partial charge < -0.3 is 5.11 Å². The summed E-state index contributed by atoms with van der Waals surface area (Å²) in [6, 6.07) is 6.49. The van der Waals surface area contributed by atoms with E-state index in [4.69, 9.17) is 9.29 Å². The van der Waals surface area contributed by atoms with Gasteiger partial charge >= 0.3 is 0 Å². The summed E-state index contributed by atoms with van der Waals surface area (Å²) in [5, 5.41) is 8.48. The molecule has 0 saturated carbocycles. The Morgan fingerprint density at radius 3 is 2.47 bits per heavy atom. The highest BCUT2D eigenvalue weighted by molar-refractivity contribution is 7.86. The first kappa shape index (κ1) is 13.9. The molecule has 1 N–H and O–H groups in total. The van der Waals surface area contributed by atoms with Crippen molar-refractivity contribution in [2.75, 3.05) is 13.2 Å². The topological polar surface area (TPSA) is 63.6 Å². The van der Waals surface area contributed by atoms with Crippen LogP contribution < -0.4 is 0 Å². The van der Waals surface area contributed by atoms with Gasteiger partial charge in [-0.3, -0.25) is 4.18 Å². The molecule has 1 rings (SSSR count). The highest BCUT2D eigenvalue weighted by atomic mass is 32.2. The minimum atomic E-state index is -3.66. The molecule has 5 heteroatoms. The zero-order chi connectivity index (χ0) is 12.7. The predicted molar refractivity (Wildman–Crippen MR) is 65.2 cm³/mol. The van der Waals surface area contributed by atoms with Crippen molar-refractivity contribution in [1.82, 2.24) is 0 Å². The smallest absolute Gasteiger partial charge is 0.296 e. The highest BCUT2D eigenvalue weighted by Crippen LogP contribution is 2.13. The summed E-state index contributed by atoms with van der Waals surface area (Å²) in [5.74, 6) is 0. The molecule has 0 heterocycles. The number of aliphatic hydroxyl groups is 1. The van der Waals surface area contributed by atoms with E-state index in [0.29, 0.717) is 6.42 Å². The van der Waals surface area contributed by atoms with Crippen molar-refractivity contribution in [1.29, 1.82) is 0 Å². The molecule has 94 valence electrons. The zero-order valence-corrected chi connectivity index (χ0v) is 10.5. The predicted octanol–water partition coefficient (Wildman–Crippen LogP) is 1.64. The van der Waals surface area contributed by atoms with Gasteiger partial charge in [0, 0.05) is 0 Å². The molecule has 0 atom stereocenters. The van der Waals surface area contributed by atoms with Gasteiger partial charge in [0.05, 0.1) is 18.1 Å². The molecule has 1 aromatic rings. The van der Waals surface area contributed by atoms with E-state index in [1.807, 2.05) is 6.92 Å². The maximum absolute atomic E-state index is 11.7. The molecule has 0 radical (unpaired) electrons. The molecule has 1 aromatic carbocycles. The van der Waals surface area contributed by atoms with Crippen LogP contribution in [0.4, 0.5) is 0 Å². The quantitative estimate of drug-likeness (QED) is 0.477. The van der Waals surface area contributed by atoms with Crippen molar-refractivity contribution in [3.8, 4) is 0 Å². The summed E-state index contributed by atoms with van der Waals surface area (Å²) in [6.45, 7) is 1.91. The van der Waals surface area contributed by atoms with Crippen LogP contribution in [-0.2, 0) is 14.3 Å². The standard InChI is InChI=1S/C12H16O4S/c1-11-5-7-12(8-6-11)17(14,15)16-10-4-2-3-9-13/h2-3,5-8,13H,4,9-10H2,1H3. The Labute approximate surface area is 102 Å². The maximum atomic E-state index is 11.7. The van der Waals surface area contributed by atoms with Crippen molar-refractivity contribution in [3.63, 3.8) is 0 Å². The maximum Gasteiger partial charge on any atom is 0.296 e. The Kier molecular flexibility index (Phi) is 5.34. The Bertz CT molecular complexity index is 460. The fraction of sp³-hybridized carbons (Fsp3) is 0.333. The van der Waals surface area contributed by atoms with Crippen molar-refractivity contribution >= 4 is 10.1 Å². The summed E-state index contributed by atoms with van der Waals surface area (Å²) < 4.78 is 28.2. The van der Waals surface area contributed by atoms with Crippen molar-refractivity contribution in [2.45, 2.75) is 18.2 Å². The first-order chi connectivity index (χ1) is 8.06. The molecule has 17 heavy (non-hydrogen) atoms. The molecule has 0 aliphatic heterocycles. The molecular weight excluding hydrogens is 240 g/mol. The summed E-state index contributed by atoms with van der Waals surface area (Å²) in [4.78, 5) is 0.161. The Balaban J connectivity index is 2.57. The third kappa shape index (κ3) is 4.68. The molecule has 0 aliphatic rings. The lowest BCUT2D eigenvalue weighted by atomic mass is 10.2. The lowest BCUT2D eigenvalue weighted by Gasteiger charge is -2.04. The molecule has 0 aromatic heterocycles. The van der Waals surface area contributed by atoms with Gasteiger partial charge in [0.25, 0.3) is 10.1 Å². The minimum Gasteiger partial charge on any atom is -0.392 e. The lowest BCUT2D eigenvalue weighted by Crippen LogP contribution is -2.07. The Morgan fingerprint density at radius 2 is 1.88 bits per heavy atom. The van der Waals surface area contributed by atoms with E-state index < -0.39 is 10.1 Å². The first-order valence-electron chi connectivity index (χ1n) is 5.28. The van der Waals surface area contributed by atoms with Gasteiger partial charge in [-0.2, -0.15) is 8.42 Å². The van der Waals surface area contributed by atoms with Crippen LogP contribution in [-0.4, -0.2) is 26.7 Å². The second kappa shape index (κ2) is 6.54. The fourth-order valence-corrected chi connectivity index (χ4v) is 2.11. The third-order valence-electron chi connectivity index (χ3n) is 2.10. The molecule has 0 fully saturated rings. The van der Waals surface area contributed by atoms with Crippen LogP contribution in [0.15, 0.2) is 41.3 Å². The molecule has 0 aliphatic carbocycles. The Hall–Kier alpha value is -1.17. The van der Waals surface area contributed by atoms with Crippen molar-refractivity contribution in [2.24, 2.45) is 0 Å². The van der Waals surface area contributed by atoms with Crippen molar-refractivity contribution < 1.29 is 17.7 Å². The van der Waals surface area contributed by atoms with E-state index in [1.165, 1.54) is 12.1 Å².